The molecule has 0 saturated carbocycles. The highest BCUT2D eigenvalue weighted by atomic mass is 16.5. The lowest BCUT2D eigenvalue weighted by molar-refractivity contribution is -0.0105. The Labute approximate surface area is 124 Å². The molecule has 2 heteroatoms. The molecule has 2 nitrogen and oxygen atoms in total. The van der Waals surface area contributed by atoms with Crippen LogP contribution in [0.25, 0.3) is 0 Å². The maximum atomic E-state index is 6.29. The van der Waals surface area contributed by atoms with Gasteiger partial charge in [-0.15, -0.1) is 0 Å². The van der Waals surface area contributed by atoms with Crippen molar-refractivity contribution >= 4 is 0 Å². The summed E-state index contributed by atoms with van der Waals surface area (Å²) in [4.78, 5) is 0. The van der Waals surface area contributed by atoms with Crippen LogP contribution >= 0.6 is 0 Å². The number of rotatable bonds is 9. The fraction of sp³-hybridized carbons (Fsp3) is 0.667. The molecule has 1 rings (SSSR count). The Kier molecular flexibility index (Phi) is 7.86. The van der Waals surface area contributed by atoms with Crippen LogP contribution in [0.4, 0.5) is 0 Å². The Morgan fingerprint density at radius 3 is 2.30 bits per heavy atom. The zero-order chi connectivity index (χ0) is 15.0. The normalized spacial score (nSPS) is 15.8. The Bertz CT molecular complexity index is 360. The van der Waals surface area contributed by atoms with Crippen molar-refractivity contribution in [3.8, 4) is 0 Å². The predicted molar refractivity (Wildman–Crippen MR) is 86.9 cm³/mol. The molecule has 0 spiro atoms. The topological polar surface area (TPSA) is 35.2 Å². The van der Waals surface area contributed by atoms with Crippen LogP contribution in [0.1, 0.15) is 70.0 Å². The van der Waals surface area contributed by atoms with E-state index in [-0.39, 0.29) is 12.1 Å². The van der Waals surface area contributed by atoms with Crippen molar-refractivity contribution in [1.29, 1.82) is 0 Å². The van der Waals surface area contributed by atoms with Gasteiger partial charge in [0.15, 0.2) is 0 Å². The zero-order valence-electron chi connectivity index (χ0n) is 13.6. The third-order valence-corrected chi connectivity index (χ3v) is 3.88. The van der Waals surface area contributed by atoms with Gasteiger partial charge in [-0.3, -0.25) is 0 Å². The molecule has 0 fully saturated rings. The molecule has 0 amide bonds. The molecule has 1 aromatic rings. The molecule has 0 aliphatic carbocycles. The van der Waals surface area contributed by atoms with Gasteiger partial charge in [0.1, 0.15) is 0 Å². The molecule has 0 aliphatic heterocycles. The summed E-state index contributed by atoms with van der Waals surface area (Å²) in [6.45, 7) is 8.56. The van der Waals surface area contributed by atoms with Gasteiger partial charge in [0, 0.05) is 0 Å². The van der Waals surface area contributed by atoms with E-state index in [0.717, 1.165) is 12.0 Å². The third-order valence-electron chi connectivity index (χ3n) is 3.88. The van der Waals surface area contributed by atoms with Crippen LogP contribution in [-0.4, -0.2) is 12.2 Å². The Hall–Kier alpha value is -0.860. The van der Waals surface area contributed by atoms with Crippen molar-refractivity contribution in [2.45, 2.75) is 78.0 Å². The first-order valence-electron chi connectivity index (χ1n) is 8.02. The lowest BCUT2D eigenvalue weighted by Gasteiger charge is -2.25. The predicted octanol–water partition coefficient (Wildman–Crippen LogP) is 4.76. The number of ether oxygens (including phenoxy) is 1. The molecule has 20 heavy (non-hydrogen) atoms. The second-order valence-electron chi connectivity index (χ2n) is 5.94. The van der Waals surface area contributed by atoms with Crippen molar-refractivity contribution in [3.05, 3.63) is 35.4 Å². The van der Waals surface area contributed by atoms with Crippen LogP contribution in [0.3, 0.4) is 0 Å². The molecule has 0 aromatic heterocycles. The number of hydrogen-bond acceptors (Lipinski definition) is 2. The molecule has 0 bridgehead atoms. The molecule has 0 aliphatic rings. The van der Waals surface area contributed by atoms with Crippen LogP contribution in [0, 0.1) is 6.92 Å². The lowest BCUT2D eigenvalue weighted by Crippen LogP contribution is -2.29. The summed E-state index contributed by atoms with van der Waals surface area (Å²) in [5.41, 5.74) is 8.71. The summed E-state index contributed by atoms with van der Waals surface area (Å²) >= 11 is 0. The standard InChI is InChI=1S/C18H31NO/c1-5-6-7-8-9-15(3)20-16(4)18(19)17-12-10-14(2)11-13-17/h10-13,15-16,18H,5-9,19H2,1-4H3. The smallest absolute Gasteiger partial charge is 0.0743 e. The number of aryl methyl sites for hydroxylation is 1. The minimum Gasteiger partial charge on any atom is -0.374 e. The summed E-state index contributed by atoms with van der Waals surface area (Å²) in [7, 11) is 0. The van der Waals surface area contributed by atoms with Crippen molar-refractivity contribution in [2.75, 3.05) is 0 Å². The first kappa shape index (κ1) is 17.2. The van der Waals surface area contributed by atoms with Crippen molar-refractivity contribution in [3.63, 3.8) is 0 Å². The highest BCUT2D eigenvalue weighted by Gasteiger charge is 2.17. The minimum atomic E-state index is -0.0475. The zero-order valence-corrected chi connectivity index (χ0v) is 13.6. The van der Waals surface area contributed by atoms with Gasteiger partial charge in [0.25, 0.3) is 0 Å². The van der Waals surface area contributed by atoms with E-state index in [4.69, 9.17) is 10.5 Å². The van der Waals surface area contributed by atoms with Crippen molar-refractivity contribution in [2.24, 2.45) is 5.73 Å². The quantitative estimate of drug-likeness (QED) is 0.661. The molecule has 114 valence electrons. The van der Waals surface area contributed by atoms with Gasteiger partial charge in [0.2, 0.25) is 0 Å². The van der Waals surface area contributed by atoms with E-state index < -0.39 is 0 Å². The first-order valence-corrected chi connectivity index (χ1v) is 8.02. The van der Waals surface area contributed by atoms with Gasteiger partial charge >= 0.3 is 0 Å². The summed E-state index contributed by atoms with van der Waals surface area (Å²) in [5, 5.41) is 0. The SMILES string of the molecule is CCCCCCC(C)OC(C)C(N)c1ccc(C)cc1. The summed E-state index contributed by atoms with van der Waals surface area (Å²) in [6.07, 6.45) is 6.64. The van der Waals surface area contributed by atoms with E-state index in [2.05, 4.69) is 52.0 Å². The van der Waals surface area contributed by atoms with Crippen LogP contribution in [0.5, 0.6) is 0 Å². The molecule has 1 aromatic carbocycles. The Morgan fingerprint density at radius 1 is 1.05 bits per heavy atom. The van der Waals surface area contributed by atoms with E-state index >= 15 is 0 Å². The van der Waals surface area contributed by atoms with Crippen LogP contribution in [-0.2, 0) is 4.74 Å². The molecular weight excluding hydrogens is 246 g/mol. The molecular formula is C18H31NO. The van der Waals surface area contributed by atoms with Crippen LogP contribution in [0.2, 0.25) is 0 Å². The van der Waals surface area contributed by atoms with Gasteiger partial charge in [0.05, 0.1) is 18.2 Å². The summed E-state index contributed by atoms with van der Waals surface area (Å²) in [6, 6.07) is 8.37. The maximum Gasteiger partial charge on any atom is 0.0743 e. The van der Waals surface area contributed by atoms with Crippen LogP contribution < -0.4 is 5.73 Å². The van der Waals surface area contributed by atoms with Gasteiger partial charge in [-0.1, -0.05) is 62.4 Å². The number of benzene rings is 1. The first-order chi connectivity index (χ1) is 9.54. The molecule has 2 N–H and O–H groups in total. The largest absolute Gasteiger partial charge is 0.374 e. The molecule has 0 radical (unpaired) electrons. The highest BCUT2D eigenvalue weighted by Crippen LogP contribution is 2.19. The number of nitrogens with two attached hydrogens (primary N) is 1. The maximum absolute atomic E-state index is 6.29. The monoisotopic (exact) mass is 277 g/mol. The van der Waals surface area contributed by atoms with E-state index in [0.29, 0.717) is 6.10 Å². The second kappa shape index (κ2) is 9.15. The Morgan fingerprint density at radius 2 is 1.70 bits per heavy atom. The van der Waals surface area contributed by atoms with E-state index in [1.807, 2.05) is 0 Å². The van der Waals surface area contributed by atoms with Gasteiger partial charge < -0.3 is 10.5 Å². The third kappa shape index (κ3) is 6.06. The fourth-order valence-electron chi connectivity index (χ4n) is 2.44. The van der Waals surface area contributed by atoms with E-state index in [1.165, 1.54) is 31.2 Å². The molecule has 0 heterocycles. The number of unbranched alkanes of at least 4 members (excludes halogenated alkanes) is 3. The van der Waals surface area contributed by atoms with E-state index in [9.17, 15) is 0 Å². The van der Waals surface area contributed by atoms with Gasteiger partial charge in [-0.25, -0.2) is 0 Å². The van der Waals surface area contributed by atoms with E-state index in [1.54, 1.807) is 0 Å². The van der Waals surface area contributed by atoms with Crippen LogP contribution in [0.15, 0.2) is 24.3 Å². The fourth-order valence-corrected chi connectivity index (χ4v) is 2.44. The summed E-state index contributed by atoms with van der Waals surface area (Å²) < 4.78 is 6.05. The minimum absolute atomic E-state index is 0.0475. The average Bonchev–Trinajstić information content (AvgIpc) is 2.43. The van der Waals surface area contributed by atoms with Gasteiger partial charge in [-0.05, 0) is 32.8 Å². The average molecular weight is 277 g/mol. The lowest BCUT2D eigenvalue weighted by atomic mass is 10.0. The highest BCUT2D eigenvalue weighted by molar-refractivity contribution is 5.24. The second-order valence-corrected chi connectivity index (χ2v) is 5.94. The van der Waals surface area contributed by atoms with Crippen molar-refractivity contribution < 1.29 is 4.74 Å². The Balaban J connectivity index is 2.37. The van der Waals surface area contributed by atoms with Crippen molar-refractivity contribution in [1.82, 2.24) is 0 Å². The summed E-state index contributed by atoms with van der Waals surface area (Å²) in [5.74, 6) is 0. The number of hydrogen-bond donors (Lipinski definition) is 1. The molecule has 3 atom stereocenters. The van der Waals surface area contributed by atoms with Gasteiger partial charge in [-0.2, -0.15) is 0 Å². The molecule has 3 unspecified atom stereocenters. The molecule has 0 saturated heterocycles.